The smallest absolute Gasteiger partial charge is 0.251 e. The average molecular weight is 462 g/mol. The van der Waals surface area contributed by atoms with Gasteiger partial charge in [-0.3, -0.25) is 4.79 Å². The lowest BCUT2D eigenvalue weighted by Crippen LogP contribution is -2.26. The van der Waals surface area contributed by atoms with E-state index in [0.29, 0.717) is 30.2 Å². The van der Waals surface area contributed by atoms with Crippen molar-refractivity contribution in [3.05, 3.63) is 94.3 Å². The monoisotopic (exact) mass is 461 g/mol. The van der Waals surface area contributed by atoms with Crippen molar-refractivity contribution in [1.29, 1.82) is 0 Å². The molecule has 33 heavy (non-hydrogen) atoms. The van der Waals surface area contributed by atoms with Gasteiger partial charge in [-0.2, -0.15) is 0 Å². The van der Waals surface area contributed by atoms with Gasteiger partial charge in [-0.05, 0) is 73.9 Å². The fraction of sp³-hybridized carbons (Fsp3) is 0.259. The number of imidazole rings is 1. The lowest BCUT2D eigenvalue weighted by molar-refractivity contribution is 0.0954. The molecule has 3 aromatic carbocycles. The molecular weight excluding hydrogens is 434 g/mol. The number of hydrogen-bond acceptors (Lipinski definition) is 3. The first-order valence-electron chi connectivity index (χ1n) is 11.2. The fourth-order valence-electron chi connectivity index (χ4n) is 3.82. The van der Waals surface area contributed by atoms with Crippen molar-refractivity contribution in [2.45, 2.75) is 33.2 Å². The van der Waals surface area contributed by atoms with Gasteiger partial charge in [0, 0.05) is 30.1 Å². The van der Waals surface area contributed by atoms with Gasteiger partial charge >= 0.3 is 0 Å². The van der Waals surface area contributed by atoms with Gasteiger partial charge in [-0.15, -0.1) is 0 Å². The summed E-state index contributed by atoms with van der Waals surface area (Å²) < 4.78 is 8.27. The number of nitrogens with one attached hydrogen (secondary N) is 1. The van der Waals surface area contributed by atoms with Crippen LogP contribution in [-0.2, 0) is 13.0 Å². The summed E-state index contributed by atoms with van der Waals surface area (Å²) in [5.74, 6) is 1.78. The summed E-state index contributed by atoms with van der Waals surface area (Å²) in [6.45, 7) is 6.07. The van der Waals surface area contributed by atoms with Crippen LogP contribution in [0.5, 0.6) is 5.75 Å². The maximum absolute atomic E-state index is 12.4. The van der Waals surface area contributed by atoms with E-state index in [1.54, 1.807) is 24.3 Å². The Morgan fingerprint density at radius 2 is 1.85 bits per heavy atom. The second kappa shape index (κ2) is 10.5. The predicted molar refractivity (Wildman–Crippen MR) is 133 cm³/mol. The Bertz CT molecular complexity index is 1250. The molecule has 0 atom stereocenters. The average Bonchev–Trinajstić information content (AvgIpc) is 3.16. The lowest BCUT2D eigenvalue weighted by atomic mass is 10.1. The van der Waals surface area contributed by atoms with E-state index in [-0.39, 0.29) is 5.91 Å². The molecule has 4 aromatic rings. The highest BCUT2D eigenvalue weighted by Gasteiger charge is 2.12. The number of fused-ring (bicyclic) bond motifs is 1. The van der Waals surface area contributed by atoms with Crippen LogP contribution < -0.4 is 10.1 Å². The molecule has 4 rings (SSSR count). The van der Waals surface area contributed by atoms with Gasteiger partial charge in [0.15, 0.2) is 0 Å². The van der Waals surface area contributed by atoms with Crippen LogP contribution in [0.2, 0.25) is 5.02 Å². The predicted octanol–water partition coefficient (Wildman–Crippen LogP) is 5.75. The van der Waals surface area contributed by atoms with E-state index in [1.165, 1.54) is 5.56 Å². The first-order valence-corrected chi connectivity index (χ1v) is 11.6. The number of amides is 1. The van der Waals surface area contributed by atoms with E-state index in [0.717, 1.165) is 41.1 Å². The van der Waals surface area contributed by atoms with Gasteiger partial charge in [-0.25, -0.2) is 4.98 Å². The number of nitrogens with zero attached hydrogens (tertiary/aromatic N) is 2. The largest absolute Gasteiger partial charge is 0.493 e. The van der Waals surface area contributed by atoms with Crippen LogP contribution in [0.25, 0.3) is 11.0 Å². The molecule has 0 aliphatic rings. The molecule has 0 saturated heterocycles. The van der Waals surface area contributed by atoms with Crippen molar-refractivity contribution in [2.75, 3.05) is 13.2 Å². The quantitative estimate of drug-likeness (QED) is 0.323. The summed E-state index contributed by atoms with van der Waals surface area (Å²) in [6, 6.07) is 21.3. The second-order valence-electron chi connectivity index (χ2n) is 8.15. The Hall–Kier alpha value is -3.31. The molecule has 0 spiro atoms. The summed E-state index contributed by atoms with van der Waals surface area (Å²) in [5, 5.41) is 3.59. The minimum atomic E-state index is -0.115. The Kier molecular flexibility index (Phi) is 7.30. The van der Waals surface area contributed by atoms with Crippen molar-refractivity contribution in [1.82, 2.24) is 14.9 Å². The van der Waals surface area contributed by atoms with Crippen molar-refractivity contribution >= 4 is 28.5 Å². The molecule has 5 nitrogen and oxygen atoms in total. The highest BCUT2D eigenvalue weighted by molar-refractivity contribution is 6.30. The summed E-state index contributed by atoms with van der Waals surface area (Å²) in [4.78, 5) is 17.2. The van der Waals surface area contributed by atoms with Crippen LogP contribution in [0, 0.1) is 13.8 Å². The number of para-hydroxylation sites is 2. The number of rotatable bonds is 9. The molecule has 6 heteroatoms. The Morgan fingerprint density at radius 1 is 1.06 bits per heavy atom. The maximum atomic E-state index is 12.4. The van der Waals surface area contributed by atoms with Crippen LogP contribution in [-0.4, -0.2) is 28.6 Å². The zero-order valence-corrected chi connectivity index (χ0v) is 19.7. The zero-order chi connectivity index (χ0) is 23.2. The van der Waals surface area contributed by atoms with Crippen molar-refractivity contribution in [3.8, 4) is 5.75 Å². The molecule has 170 valence electrons. The number of carbonyl (C=O) groups excluding carboxylic acids is 1. The molecule has 1 aromatic heterocycles. The third-order valence-electron chi connectivity index (χ3n) is 5.60. The number of aromatic nitrogens is 2. The fourth-order valence-corrected chi connectivity index (χ4v) is 3.95. The molecule has 0 unspecified atom stereocenters. The Morgan fingerprint density at radius 3 is 2.67 bits per heavy atom. The van der Waals surface area contributed by atoms with E-state index >= 15 is 0 Å². The van der Waals surface area contributed by atoms with Crippen LogP contribution in [0.15, 0.2) is 66.7 Å². The normalized spacial score (nSPS) is 11.0. The molecule has 0 fully saturated rings. The second-order valence-corrected chi connectivity index (χ2v) is 8.59. The van der Waals surface area contributed by atoms with Gasteiger partial charge < -0.3 is 14.6 Å². The lowest BCUT2D eigenvalue weighted by Gasteiger charge is -2.12. The van der Waals surface area contributed by atoms with Gasteiger partial charge in [0.05, 0.1) is 17.6 Å². The van der Waals surface area contributed by atoms with Crippen LogP contribution in [0.4, 0.5) is 0 Å². The third-order valence-corrected chi connectivity index (χ3v) is 5.85. The summed E-state index contributed by atoms with van der Waals surface area (Å²) in [5.41, 5.74) is 5.00. The molecule has 1 amide bonds. The van der Waals surface area contributed by atoms with Gasteiger partial charge in [0.25, 0.3) is 5.91 Å². The number of benzene rings is 3. The molecular formula is C27H28ClN3O2. The molecule has 1 heterocycles. The van der Waals surface area contributed by atoms with Crippen LogP contribution >= 0.6 is 11.6 Å². The molecule has 0 saturated carbocycles. The van der Waals surface area contributed by atoms with Crippen molar-refractivity contribution in [3.63, 3.8) is 0 Å². The van der Waals surface area contributed by atoms with E-state index in [1.807, 2.05) is 18.2 Å². The minimum absolute atomic E-state index is 0.115. The topological polar surface area (TPSA) is 56.1 Å². The number of ether oxygens (including phenoxy) is 1. The third kappa shape index (κ3) is 5.74. The van der Waals surface area contributed by atoms with E-state index in [2.05, 4.69) is 48.0 Å². The van der Waals surface area contributed by atoms with E-state index < -0.39 is 0 Å². The van der Waals surface area contributed by atoms with Gasteiger partial charge in [0.1, 0.15) is 11.6 Å². The first kappa shape index (κ1) is 22.9. The number of hydrogen-bond donors (Lipinski definition) is 1. The first-order chi connectivity index (χ1) is 16.0. The number of carbonyl (C=O) groups is 1. The molecule has 0 radical (unpaired) electrons. The Balaban J connectivity index is 1.38. The minimum Gasteiger partial charge on any atom is -0.493 e. The van der Waals surface area contributed by atoms with Gasteiger partial charge in [0.2, 0.25) is 0 Å². The highest BCUT2D eigenvalue weighted by Crippen LogP contribution is 2.20. The van der Waals surface area contributed by atoms with Crippen LogP contribution in [0.3, 0.4) is 0 Å². The van der Waals surface area contributed by atoms with Crippen molar-refractivity contribution < 1.29 is 9.53 Å². The summed E-state index contributed by atoms with van der Waals surface area (Å²) >= 11 is 5.91. The maximum Gasteiger partial charge on any atom is 0.251 e. The SMILES string of the molecule is Cc1ccc(C)c(OCCCn2c(CCNC(=O)c3ccc(Cl)cc3)nc3ccccc32)c1. The Labute approximate surface area is 199 Å². The van der Waals surface area contributed by atoms with Gasteiger partial charge in [-0.1, -0.05) is 35.9 Å². The summed E-state index contributed by atoms with van der Waals surface area (Å²) in [7, 11) is 0. The van der Waals surface area contributed by atoms with E-state index in [9.17, 15) is 4.79 Å². The standard InChI is InChI=1S/C27H28ClN3O2/c1-19-8-9-20(2)25(18-19)33-17-5-16-31-24-7-4-3-6-23(24)30-26(31)14-15-29-27(32)21-10-12-22(28)13-11-21/h3-4,6-13,18H,5,14-17H2,1-2H3,(H,29,32). The van der Waals surface area contributed by atoms with E-state index in [4.69, 9.17) is 21.3 Å². The zero-order valence-electron chi connectivity index (χ0n) is 19.0. The molecule has 0 bridgehead atoms. The summed E-state index contributed by atoms with van der Waals surface area (Å²) in [6.07, 6.45) is 1.50. The molecule has 0 aliphatic heterocycles. The molecule has 1 N–H and O–H groups in total. The van der Waals surface area contributed by atoms with Crippen molar-refractivity contribution in [2.24, 2.45) is 0 Å². The number of halogens is 1. The molecule has 0 aliphatic carbocycles. The highest BCUT2D eigenvalue weighted by atomic mass is 35.5. The number of aryl methyl sites for hydroxylation is 3. The van der Waals surface area contributed by atoms with Crippen LogP contribution in [0.1, 0.15) is 33.7 Å².